The molecule has 2 unspecified atom stereocenters. The van der Waals surface area contributed by atoms with Gasteiger partial charge in [-0.3, -0.25) is 4.90 Å². The van der Waals surface area contributed by atoms with E-state index in [1.807, 2.05) is 0 Å². The van der Waals surface area contributed by atoms with Crippen molar-refractivity contribution in [2.24, 2.45) is 10.1 Å². The van der Waals surface area contributed by atoms with Crippen LogP contribution in [0.2, 0.25) is 0 Å². The third-order valence-corrected chi connectivity index (χ3v) is 8.09. The van der Waals surface area contributed by atoms with Crippen molar-refractivity contribution in [3.63, 3.8) is 0 Å². The van der Waals surface area contributed by atoms with E-state index in [2.05, 4.69) is 10.1 Å². The Morgan fingerprint density at radius 3 is 1.49 bits per heavy atom. The van der Waals surface area contributed by atoms with Crippen LogP contribution in [0.15, 0.2) is 144 Å². The van der Waals surface area contributed by atoms with Crippen LogP contribution in [0.5, 0.6) is 0 Å². The minimum absolute atomic E-state index is 0.157. The number of ether oxygens (including phenoxy) is 5. The molecule has 5 atom stereocenters. The molecule has 51 heavy (non-hydrogen) atoms. The molecular formula is C38H30N4O9. The Morgan fingerprint density at radius 1 is 0.569 bits per heavy atom. The summed E-state index contributed by atoms with van der Waals surface area (Å²) in [5.41, 5.74) is 0.686. The summed E-state index contributed by atoms with van der Waals surface area (Å²) in [6, 6.07) is 32.5. The molecule has 1 fully saturated rings. The van der Waals surface area contributed by atoms with E-state index in [1.165, 1.54) is 35.5 Å². The fraction of sp³-hybridized carbons (Fsp3) is 0.158. The lowest BCUT2D eigenvalue weighted by Gasteiger charge is -2.46. The summed E-state index contributed by atoms with van der Waals surface area (Å²) in [6.45, 7) is 0.378. The highest BCUT2D eigenvalue weighted by atomic mass is 16.7. The van der Waals surface area contributed by atoms with Gasteiger partial charge in [-0.1, -0.05) is 72.8 Å². The summed E-state index contributed by atoms with van der Waals surface area (Å²) in [5, 5.41) is 5.96. The third-order valence-electron chi connectivity index (χ3n) is 8.09. The number of nitrogens with zero attached hydrogens (tertiary/aromatic N) is 4. The standard InChI is InChI=1S/C38H30N4O9/c43-33(25-14-5-1-6-15-25)47-29-30(48-34(44)26-16-7-2-8-17-26)32(41-24-40-42-23-13-22-39-38(41)42)50-37(51-36(46)28-20-11-4-12-21-28)31(29)49-35(45)27-18-9-3-10-19-27/h1-22,24,29-32,37H,23H2/t29-,30+,31+,32?,37?/m0/s1. The number of hydrazone groups is 1. The average molecular weight is 687 g/mol. The van der Waals surface area contributed by atoms with Crippen LogP contribution in [0.4, 0.5) is 0 Å². The Balaban J connectivity index is 1.34. The molecule has 0 amide bonds. The van der Waals surface area contributed by atoms with E-state index in [0.29, 0.717) is 12.5 Å². The number of fused-ring (bicyclic) bond motifs is 1. The molecule has 13 nitrogen and oxygen atoms in total. The van der Waals surface area contributed by atoms with E-state index < -0.39 is 54.7 Å². The predicted octanol–water partition coefficient (Wildman–Crippen LogP) is 4.65. The van der Waals surface area contributed by atoms with Crippen LogP contribution in [-0.4, -0.2) is 83.5 Å². The maximum atomic E-state index is 13.8. The van der Waals surface area contributed by atoms with Crippen molar-refractivity contribution >= 4 is 36.2 Å². The first-order valence-electron chi connectivity index (χ1n) is 16.0. The first-order chi connectivity index (χ1) is 25.0. The van der Waals surface area contributed by atoms with Gasteiger partial charge in [-0.15, -0.1) is 0 Å². The Hall–Kier alpha value is -6.60. The van der Waals surface area contributed by atoms with Gasteiger partial charge in [-0.2, -0.15) is 5.10 Å². The van der Waals surface area contributed by atoms with Gasteiger partial charge in [0.1, 0.15) is 6.34 Å². The zero-order valence-electron chi connectivity index (χ0n) is 26.8. The number of carbonyl (C=O) groups excluding carboxylic acids is 4. The zero-order chi connectivity index (χ0) is 35.2. The second kappa shape index (κ2) is 14.9. The van der Waals surface area contributed by atoms with Gasteiger partial charge in [0, 0.05) is 6.20 Å². The van der Waals surface area contributed by atoms with E-state index in [0.717, 1.165) is 0 Å². The van der Waals surface area contributed by atoms with Crippen molar-refractivity contribution in [2.45, 2.75) is 30.8 Å². The molecule has 13 heteroatoms. The van der Waals surface area contributed by atoms with E-state index in [9.17, 15) is 19.2 Å². The molecule has 3 heterocycles. The normalized spacial score (nSPS) is 22.0. The first-order valence-corrected chi connectivity index (χ1v) is 16.0. The molecular weight excluding hydrogens is 656 g/mol. The molecule has 7 rings (SSSR count). The first kappa shape index (κ1) is 32.9. The summed E-state index contributed by atoms with van der Waals surface area (Å²) >= 11 is 0. The largest absolute Gasteiger partial charge is 0.450 e. The number of hydrogen-bond donors (Lipinski definition) is 0. The summed E-state index contributed by atoms with van der Waals surface area (Å²) in [5.74, 6) is -2.98. The van der Waals surface area contributed by atoms with Gasteiger partial charge in [0.25, 0.3) is 0 Å². The molecule has 4 aromatic carbocycles. The SMILES string of the molecule is O=C(OC1OC(N2C=NN3CC=CN=C32)[C@H](OC(=O)c2ccccc2)[C@H](OC(=O)c2ccccc2)[C@H]1OC(=O)c1ccccc1)c1ccccc1. The second-order valence-electron chi connectivity index (χ2n) is 11.4. The highest BCUT2D eigenvalue weighted by molar-refractivity contribution is 5.96. The Morgan fingerprint density at radius 2 is 1.00 bits per heavy atom. The van der Waals surface area contributed by atoms with Crippen molar-refractivity contribution in [2.75, 3.05) is 6.54 Å². The third kappa shape index (κ3) is 7.23. The van der Waals surface area contributed by atoms with E-state index in [1.54, 1.807) is 114 Å². The molecule has 0 spiro atoms. The predicted molar refractivity (Wildman–Crippen MR) is 181 cm³/mol. The highest BCUT2D eigenvalue weighted by Gasteiger charge is 2.57. The topological polar surface area (TPSA) is 146 Å². The van der Waals surface area contributed by atoms with Crippen molar-refractivity contribution in [3.8, 4) is 0 Å². The molecule has 0 saturated carbocycles. The second-order valence-corrected chi connectivity index (χ2v) is 11.4. The van der Waals surface area contributed by atoms with Crippen molar-refractivity contribution < 1.29 is 42.9 Å². The number of rotatable bonds is 9. The molecule has 1 saturated heterocycles. The van der Waals surface area contributed by atoms with Crippen molar-refractivity contribution in [3.05, 3.63) is 156 Å². The minimum atomic E-state index is -1.70. The van der Waals surface area contributed by atoms with Gasteiger partial charge in [0.15, 0.2) is 18.4 Å². The quantitative estimate of drug-likeness (QED) is 0.179. The summed E-state index contributed by atoms with van der Waals surface area (Å²) in [6.07, 6.45) is -3.06. The molecule has 3 aliphatic rings. The van der Waals surface area contributed by atoms with Crippen LogP contribution in [-0.2, 0) is 23.7 Å². The number of esters is 4. The van der Waals surface area contributed by atoms with Crippen molar-refractivity contribution in [1.29, 1.82) is 0 Å². The lowest BCUT2D eigenvalue weighted by molar-refractivity contribution is -0.292. The smallest absolute Gasteiger partial charge is 0.340 e. The van der Waals surface area contributed by atoms with E-state index in [-0.39, 0.29) is 22.3 Å². The van der Waals surface area contributed by atoms with Crippen LogP contribution in [0, 0.1) is 0 Å². The average Bonchev–Trinajstić information content (AvgIpc) is 3.62. The minimum Gasteiger partial charge on any atom is -0.450 e. The Kier molecular flexibility index (Phi) is 9.61. The molecule has 0 aliphatic carbocycles. The van der Waals surface area contributed by atoms with Crippen LogP contribution < -0.4 is 0 Å². The summed E-state index contributed by atoms with van der Waals surface area (Å²) in [7, 11) is 0. The number of benzene rings is 4. The van der Waals surface area contributed by atoms with Gasteiger partial charge >= 0.3 is 23.9 Å². The van der Waals surface area contributed by atoms with Gasteiger partial charge in [0.05, 0.1) is 28.8 Å². The fourth-order valence-electron chi connectivity index (χ4n) is 5.60. The van der Waals surface area contributed by atoms with E-state index in [4.69, 9.17) is 23.7 Å². The maximum absolute atomic E-state index is 13.8. The molecule has 3 aliphatic heterocycles. The maximum Gasteiger partial charge on any atom is 0.340 e. The van der Waals surface area contributed by atoms with Crippen LogP contribution in [0.3, 0.4) is 0 Å². The van der Waals surface area contributed by atoms with Gasteiger partial charge in [-0.25, -0.2) is 29.2 Å². The fourth-order valence-corrected chi connectivity index (χ4v) is 5.60. The Labute approximate surface area is 291 Å². The van der Waals surface area contributed by atoms with Crippen molar-refractivity contribution in [1.82, 2.24) is 9.91 Å². The molecule has 0 bridgehead atoms. The molecule has 256 valence electrons. The highest BCUT2D eigenvalue weighted by Crippen LogP contribution is 2.34. The van der Waals surface area contributed by atoms with Gasteiger partial charge < -0.3 is 23.7 Å². The lowest BCUT2D eigenvalue weighted by Crippen LogP contribution is -2.66. The lowest BCUT2D eigenvalue weighted by atomic mass is 10.00. The van der Waals surface area contributed by atoms with Crippen LogP contribution in [0.1, 0.15) is 41.4 Å². The zero-order valence-corrected chi connectivity index (χ0v) is 26.8. The molecule has 4 aromatic rings. The number of carbonyl (C=O) groups is 4. The monoisotopic (exact) mass is 686 g/mol. The van der Waals surface area contributed by atoms with Gasteiger partial charge in [-0.05, 0) is 54.6 Å². The van der Waals surface area contributed by atoms with Crippen LogP contribution >= 0.6 is 0 Å². The molecule has 0 aromatic heterocycles. The molecule has 0 N–H and O–H groups in total. The number of guanidine groups is 1. The summed E-state index contributed by atoms with van der Waals surface area (Å²) < 4.78 is 30.6. The van der Waals surface area contributed by atoms with Crippen LogP contribution in [0.25, 0.3) is 0 Å². The number of hydrogen-bond acceptors (Lipinski definition) is 13. The van der Waals surface area contributed by atoms with Gasteiger partial charge in [0.2, 0.25) is 18.4 Å². The summed E-state index contributed by atoms with van der Waals surface area (Å²) in [4.78, 5) is 60.6. The molecule has 0 radical (unpaired) electrons. The van der Waals surface area contributed by atoms with E-state index >= 15 is 0 Å². The number of aliphatic imine (C=N–C) groups is 1. The Bertz CT molecular complexity index is 1970.